The lowest BCUT2D eigenvalue weighted by Crippen LogP contribution is -2.03. The number of hydrogen-bond donors (Lipinski definition) is 1. The van der Waals surface area contributed by atoms with Crippen molar-refractivity contribution < 1.29 is 4.79 Å². The quantitative estimate of drug-likeness (QED) is 0.192. The Bertz CT molecular complexity index is 692. The maximum atomic E-state index is 12.4. The van der Waals surface area contributed by atoms with Gasteiger partial charge in [-0.3, -0.25) is 4.79 Å². The molecule has 0 spiro atoms. The molecule has 0 atom stereocenters. The molecule has 0 unspecified atom stereocenters. The number of rotatable bonds is 18. The van der Waals surface area contributed by atoms with Crippen molar-refractivity contribution in [3.63, 3.8) is 0 Å². The summed E-state index contributed by atoms with van der Waals surface area (Å²) in [5.74, 6) is 0.0825. The van der Waals surface area contributed by atoms with Crippen LogP contribution in [-0.4, -0.2) is 12.3 Å². The summed E-state index contributed by atoms with van der Waals surface area (Å²) in [7, 11) is 0. The lowest BCUT2D eigenvalue weighted by Gasteiger charge is -2.08. The maximum Gasteiger partial charge on any atom is 0.193 e. The lowest BCUT2D eigenvalue weighted by molar-refractivity contribution is 0.103. The van der Waals surface area contributed by atoms with E-state index in [1.165, 1.54) is 89.9 Å². The van der Waals surface area contributed by atoms with Crippen LogP contribution in [0.1, 0.15) is 113 Å². The molecule has 0 heterocycles. The van der Waals surface area contributed by atoms with Crippen LogP contribution in [0.15, 0.2) is 54.6 Å². The second kappa shape index (κ2) is 16.6. The van der Waals surface area contributed by atoms with E-state index in [0.717, 1.165) is 23.4 Å². The molecule has 0 aromatic heterocycles. The Hall–Kier alpha value is -2.09. The number of carbonyl (C=O) groups is 1. The average molecular weight is 422 g/mol. The smallest absolute Gasteiger partial charge is 0.193 e. The molecule has 2 rings (SSSR count). The highest BCUT2D eigenvalue weighted by molar-refractivity contribution is 6.09. The van der Waals surface area contributed by atoms with Crippen LogP contribution in [0, 0.1) is 0 Å². The topological polar surface area (TPSA) is 29.1 Å². The molecule has 0 saturated carbocycles. The van der Waals surface area contributed by atoms with Gasteiger partial charge in [0.05, 0.1) is 0 Å². The van der Waals surface area contributed by atoms with Crippen LogP contribution in [-0.2, 0) is 0 Å². The van der Waals surface area contributed by atoms with E-state index in [1.807, 2.05) is 54.6 Å². The van der Waals surface area contributed by atoms with Crippen molar-refractivity contribution in [3.8, 4) is 0 Å². The number of benzene rings is 2. The largest absolute Gasteiger partial charge is 0.385 e. The van der Waals surface area contributed by atoms with Gasteiger partial charge >= 0.3 is 0 Å². The van der Waals surface area contributed by atoms with Crippen LogP contribution in [0.3, 0.4) is 0 Å². The fourth-order valence-electron chi connectivity index (χ4n) is 4.05. The fraction of sp³-hybridized carbons (Fsp3) is 0.552. The molecule has 0 radical (unpaired) electrons. The van der Waals surface area contributed by atoms with Crippen LogP contribution >= 0.6 is 0 Å². The highest BCUT2D eigenvalue weighted by Crippen LogP contribution is 2.15. The van der Waals surface area contributed by atoms with Crippen molar-refractivity contribution in [1.82, 2.24) is 0 Å². The molecule has 0 aliphatic carbocycles. The molecule has 0 aliphatic rings. The van der Waals surface area contributed by atoms with Crippen molar-refractivity contribution in [2.24, 2.45) is 0 Å². The Morgan fingerprint density at radius 3 is 1.55 bits per heavy atom. The first-order valence-corrected chi connectivity index (χ1v) is 12.7. The van der Waals surface area contributed by atoms with E-state index in [2.05, 4.69) is 12.2 Å². The zero-order chi connectivity index (χ0) is 22.0. The molecule has 0 fully saturated rings. The average Bonchev–Trinajstić information content (AvgIpc) is 2.82. The Balaban J connectivity index is 1.43. The third-order valence-corrected chi connectivity index (χ3v) is 6.04. The Morgan fingerprint density at radius 2 is 1.03 bits per heavy atom. The van der Waals surface area contributed by atoms with Crippen LogP contribution in [0.25, 0.3) is 0 Å². The molecule has 2 aromatic carbocycles. The van der Waals surface area contributed by atoms with E-state index in [4.69, 9.17) is 0 Å². The maximum absolute atomic E-state index is 12.4. The van der Waals surface area contributed by atoms with Crippen molar-refractivity contribution in [3.05, 3.63) is 65.7 Å². The summed E-state index contributed by atoms with van der Waals surface area (Å²) in [5.41, 5.74) is 2.58. The molecular weight excluding hydrogens is 378 g/mol. The van der Waals surface area contributed by atoms with Crippen molar-refractivity contribution >= 4 is 11.5 Å². The Kier molecular flexibility index (Phi) is 13.5. The number of unbranched alkanes of at least 4 members (excludes halogenated alkanes) is 13. The number of carbonyl (C=O) groups excluding carboxylic acids is 1. The highest BCUT2D eigenvalue weighted by Gasteiger charge is 2.07. The van der Waals surface area contributed by atoms with Gasteiger partial charge in [0.2, 0.25) is 0 Å². The van der Waals surface area contributed by atoms with E-state index in [9.17, 15) is 4.79 Å². The van der Waals surface area contributed by atoms with Gasteiger partial charge in [0.1, 0.15) is 0 Å². The molecule has 0 aliphatic heterocycles. The van der Waals surface area contributed by atoms with E-state index >= 15 is 0 Å². The summed E-state index contributed by atoms with van der Waals surface area (Å²) < 4.78 is 0. The van der Waals surface area contributed by atoms with Gasteiger partial charge < -0.3 is 5.32 Å². The lowest BCUT2D eigenvalue weighted by atomic mass is 10.0. The van der Waals surface area contributed by atoms with E-state index < -0.39 is 0 Å². The highest BCUT2D eigenvalue weighted by atomic mass is 16.1. The zero-order valence-corrected chi connectivity index (χ0v) is 19.7. The number of anilines is 1. The molecule has 1 N–H and O–H groups in total. The van der Waals surface area contributed by atoms with Crippen LogP contribution in [0.2, 0.25) is 0 Å². The molecule has 0 amide bonds. The van der Waals surface area contributed by atoms with E-state index in [1.54, 1.807) is 0 Å². The minimum Gasteiger partial charge on any atom is -0.385 e. The van der Waals surface area contributed by atoms with Gasteiger partial charge in [0.15, 0.2) is 5.78 Å². The fourth-order valence-corrected chi connectivity index (χ4v) is 4.05. The van der Waals surface area contributed by atoms with Crippen molar-refractivity contribution in [2.75, 3.05) is 11.9 Å². The first-order valence-electron chi connectivity index (χ1n) is 12.7. The van der Waals surface area contributed by atoms with Crippen molar-refractivity contribution in [2.45, 2.75) is 96.8 Å². The summed E-state index contributed by atoms with van der Waals surface area (Å²) >= 11 is 0. The van der Waals surface area contributed by atoms with Gasteiger partial charge in [-0.1, -0.05) is 121 Å². The number of hydrogen-bond acceptors (Lipinski definition) is 2. The molecule has 31 heavy (non-hydrogen) atoms. The van der Waals surface area contributed by atoms with Gasteiger partial charge in [0.25, 0.3) is 0 Å². The van der Waals surface area contributed by atoms with Crippen LogP contribution in [0.5, 0.6) is 0 Å². The first-order chi connectivity index (χ1) is 15.3. The van der Waals surface area contributed by atoms with Crippen LogP contribution < -0.4 is 5.32 Å². The monoisotopic (exact) mass is 421 g/mol. The van der Waals surface area contributed by atoms with Gasteiger partial charge in [-0.2, -0.15) is 0 Å². The minimum absolute atomic E-state index is 0.0825. The second-order valence-electron chi connectivity index (χ2n) is 8.80. The molecule has 2 aromatic rings. The predicted octanol–water partition coefficient (Wildman–Crippen LogP) is 8.81. The number of nitrogens with one attached hydrogen (secondary N) is 1. The Morgan fingerprint density at radius 1 is 0.581 bits per heavy atom. The van der Waals surface area contributed by atoms with Crippen molar-refractivity contribution in [1.29, 1.82) is 0 Å². The SMILES string of the molecule is CCCCCCCCCCCCCCCCNc1ccc(C(=O)c2ccccc2)cc1. The Labute approximate surface area is 190 Å². The zero-order valence-electron chi connectivity index (χ0n) is 19.7. The normalized spacial score (nSPS) is 10.9. The van der Waals surface area contributed by atoms with E-state index in [0.29, 0.717) is 0 Å². The third-order valence-electron chi connectivity index (χ3n) is 6.04. The molecule has 0 saturated heterocycles. The standard InChI is InChI=1S/C29H43NO/c1-2-3-4-5-6-7-8-9-10-11-12-13-14-18-25-30-28-23-21-27(22-24-28)29(31)26-19-16-15-17-20-26/h15-17,19-24,30H,2-14,18,25H2,1H3. The molecule has 170 valence electrons. The van der Waals surface area contributed by atoms with E-state index in [-0.39, 0.29) is 5.78 Å². The summed E-state index contributed by atoms with van der Waals surface area (Å²) in [6.45, 7) is 3.29. The molecule has 2 nitrogen and oxygen atoms in total. The predicted molar refractivity (Wildman–Crippen MR) is 135 cm³/mol. The van der Waals surface area contributed by atoms with Crippen LogP contribution in [0.4, 0.5) is 5.69 Å². The molecule has 0 bridgehead atoms. The van der Waals surface area contributed by atoms with Gasteiger partial charge in [-0.25, -0.2) is 0 Å². The second-order valence-corrected chi connectivity index (χ2v) is 8.80. The van der Waals surface area contributed by atoms with Gasteiger partial charge in [-0.05, 0) is 30.7 Å². The molecule has 2 heteroatoms. The summed E-state index contributed by atoms with van der Waals surface area (Å²) in [4.78, 5) is 12.4. The molecular formula is C29H43NO. The minimum atomic E-state index is 0.0825. The first kappa shape index (κ1) is 25.2. The summed E-state index contributed by atoms with van der Waals surface area (Å²) in [5, 5.41) is 3.48. The third kappa shape index (κ3) is 11.2. The van der Waals surface area contributed by atoms with Gasteiger partial charge in [0, 0.05) is 23.4 Å². The summed E-state index contributed by atoms with van der Waals surface area (Å²) in [6.07, 6.45) is 19.5. The number of ketones is 1. The summed E-state index contributed by atoms with van der Waals surface area (Å²) in [6, 6.07) is 17.3. The van der Waals surface area contributed by atoms with Gasteiger partial charge in [-0.15, -0.1) is 0 Å².